The third-order valence-electron chi connectivity index (χ3n) is 3.13. The normalized spacial score (nSPS) is 12.1. The van der Waals surface area contributed by atoms with Crippen LogP contribution in [0.25, 0.3) is 0 Å². The second-order valence-electron chi connectivity index (χ2n) is 5.00. The molecule has 1 aromatic carbocycles. The third kappa shape index (κ3) is 5.31. The number of benzene rings is 1. The van der Waals surface area contributed by atoms with Gasteiger partial charge in [-0.1, -0.05) is 18.2 Å². The molecule has 0 aliphatic heterocycles. The molecule has 21 heavy (non-hydrogen) atoms. The van der Waals surface area contributed by atoms with Crippen LogP contribution < -0.4 is 5.32 Å². The van der Waals surface area contributed by atoms with Crippen molar-refractivity contribution in [3.05, 3.63) is 54.0 Å². The molecule has 1 heterocycles. The fourth-order valence-corrected chi connectivity index (χ4v) is 2.88. The Hall–Kier alpha value is -1.68. The molecule has 0 fully saturated rings. The van der Waals surface area contributed by atoms with Crippen molar-refractivity contribution < 1.29 is 9.21 Å². The summed E-state index contributed by atoms with van der Waals surface area (Å²) in [5.41, 5.74) is 0. The Morgan fingerprint density at radius 3 is 2.67 bits per heavy atom. The van der Waals surface area contributed by atoms with Gasteiger partial charge in [0.2, 0.25) is 5.91 Å². The van der Waals surface area contributed by atoms with Crippen LogP contribution in [0.4, 0.5) is 0 Å². The lowest BCUT2D eigenvalue weighted by molar-refractivity contribution is -0.121. The van der Waals surface area contributed by atoms with E-state index >= 15 is 0 Å². The highest BCUT2D eigenvalue weighted by molar-refractivity contribution is 7.99. The van der Waals surface area contributed by atoms with E-state index in [1.165, 1.54) is 4.90 Å². The zero-order chi connectivity index (χ0) is 15.1. The Morgan fingerprint density at radius 1 is 1.24 bits per heavy atom. The van der Waals surface area contributed by atoms with E-state index in [4.69, 9.17) is 4.42 Å². The van der Waals surface area contributed by atoms with E-state index in [0.717, 1.165) is 23.7 Å². The average molecular weight is 303 g/mol. The Morgan fingerprint density at radius 2 is 2.00 bits per heavy atom. The number of hydrogen-bond donors (Lipinski definition) is 1. The van der Waals surface area contributed by atoms with Crippen LogP contribution >= 0.6 is 11.8 Å². The maximum absolute atomic E-state index is 11.9. The quantitative estimate of drug-likeness (QED) is 0.611. The SMILES string of the molecule is Cc1ccc(C(C)NC(=O)CCCSc2ccccc2)o1. The lowest BCUT2D eigenvalue weighted by atomic mass is 10.2. The highest BCUT2D eigenvalue weighted by Crippen LogP contribution is 2.19. The highest BCUT2D eigenvalue weighted by Gasteiger charge is 2.12. The topological polar surface area (TPSA) is 42.2 Å². The van der Waals surface area contributed by atoms with Crippen molar-refractivity contribution in [3.63, 3.8) is 0 Å². The van der Waals surface area contributed by atoms with Gasteiger partial charge in [0.1, 0.15) is 11.5 Å². The molecule has 1 atom stereocenters. The molecular formula is C17H21NO2S. The van der Waals surface area contributed by atoms with E-state index < -0.39 is 0 Å². The van der Waals surface area contributed by atoms with E-state index in [1.54, 1.807) is 11.8 Å². The van der Waals surface area contributed by atoms with Gasteiger partial charge in [-0.2, -0.15) is 0 Å². The van der Waals surface area contributed by atoms with Gasteiger partial charge in [-0.05, 0) is 50.3 Å². The molecule has 1 N–H and O–H groups in total. The molecule has 0 bridgehead atoms. The summed E-state index contributed by atoms with van der Waals surface area (Å²) in [7, 11) is 0. The second-order valence-corrected chi connectivity index (χ2v) is 6.17. The predicted octanol–water partition coefficient (Wildman–Crippen LogP) is 4.34. The smallest absolute Gasteiger partial charge is 0.220 e. The van der Waals surface area contributed by atoms with Crippen molar-refractivity contribution in [1.29, 1.82) is 0 Å². The molecule has 2 rings (SSSR count). The van der Waals surface area contributed by atoms with Crippen LogP contribution in [0.5, 0.6) is 0 Å². The molecule has 0 saturated carbocycles. The number of furan rings is 1. The average Bonchev–Trinajstić information content (AvgIpc) is 2.91. The first-order valence-corrected chi connectivity index (χ1v) is 8.17. The van der Waals surface area contributed by atoms with Crippen LogP contribution in [0.3, 0.4) is 0 Å². The molecule has 4 heteroatoms. The van der Waals surface area contributed by atoms with E-state index in [9.17, 15) is 4.79 Å². The van der Waals surface area contributed by atoms with Gasteiger partial charge >= 0.3 is 0 Å². The number of rotatable bonds is 7. The van der Waals surface area contributed by atoms with Gasteiger partial charge in [-0.15, -0.1) is 11.8 Å². The number of carbonyl (C=O) groups excluding carboxylic acids is 1. The molecule has 0 aliphatic carbocycles. The molecule has 0 radical (unpaired) electrons. The number of thioether (sulfide) groups is 1. The second kappa shape index (κ2) is 7.93. The molecule has 0 spiro atoms. The zero-order valence-corrected chi connectivity index (χ0v) is 13.3. The first-order valence-electron chi connectivity index (χ1n) is 7.18. The minimum atomic E-state index is -0.0759. The van der Waals surface area contributed by atoms with Crippen LogP contribution in [0, 0.1) is 6.92 Å². The van der Waals surface area contributed by atoms with Gasteiger partial charge in [0.25, 0.3) is 0 Å². The molecule has 1 amide bonds. The van der Waals surface area contributed by atoms with E-state index in [0.29, 0.717) is 6.42 Å². The summed E-state index contributed by atoms with van der Waals surface area (Å²) in [5.74, 6) is 2.70. The Balaban J connectivity index is 1.65. The van der Waals surface area contributed by atoms with Gasteiger partial charge in [0.05, 0.1) is 6.04 Å². The largest absolute Gasteiger partial charge is 0.464 e. The number of carbonyl (C=O) groups is 1. The molecule has 1 unspecified atom stereocenters. The Labute approximate surface area is 130 Å². The number of hydrogen-bond acceptors (Lipinski definition) is 3. The van der Waals surface area contributed by atoms with Crippen LogP contribution in [0.2, 0.25) is 0 Å². The van der Waals surface area contributed by atoms with Gasteiger partial charge < -0.3 is 9.73 Å². The summed E-state index contributed by atoms with van der Waals surface area (Å²) in [6, 6.07) is 14.0. The summed E-state index contributed by atoms with van der Waals surface area (Å²) in [5, 5.41) is 2.97. The van der Waals surface area contributed by atoms with Crippen LogP contribution in [0.15, 0.2) is 51.8 Å². The minimum Gasteiger partial charge on any atom is -0.464 e. The Bertz CT molecular complexity index is 565. The first kappa shape index (κ1) is 15.7. The summed E-state index contributed by atoms with van der Waals surface area (Å²) in [4.78, 5) is 13.1. The van der Waals surface area contributed by atoms with Crippen molar-refractivity contribution in [3.8, 4) is 0 Å². The maximum atomic E-state index is 11.9. The summed E-state index contributed by atoms with van der Waals surface area (Å²) in [6.07, 6.45) is 1.42. The van der Waals surface area contributed by atoms with Crippen molar-refractivity contribution in [2.45, 2.75) is 37.6 Å². The van der Waals surface area contributed by atoms with Crippen LogP contribution in [0.1, 0.15) is 37.3 Å². The van der Waals surface area contributed by atoms with Crippen molar-refractivity contribution in [2.24, 2.45) is 0 Å². The molecule has 0 aliphatic rings. The fourth-order valence-electron chi connectivity index (χ4n) is 2.01. The maximum Gasteiger partial charge on any atom is 0.220 e. The van der Waals surface area contributed by atoms with Crippen molar-refractivity contribution in [1.82, 2.24) is 5.32 Å². The monoisotopic (exact) mass is 303 g/mol. The van der Waals surface area contributed by atoms with Crippen molar-refractivity contribution in [2.75, 3.05) is 5.75 Å². The minimum absolute atomic E-state index is 0.0743. The number of nitrogens with one attached hydrogen (secondary N) is 1. The summed E-state index contributed by atoms with van der Waals surface area (Å²) >= 11 is 1.78. The molecule has 3 nitrogen and oxygen atoms in total. The molecule has 112 valence electrons. The highest BCUT2D eigenvalue weighted by atomic mass is 32.2. The lowest BCUT2D eigenvalue weighted by Crippen LogP contribution is -2.26. The first-order chi connectivity index (χ1) is 10.1. The van der Waals surface area contributed by atoms with E-state index in [2.05, 4.69) is 17.4 Å². The zero-order valence-electron chi connectivity index (χ0n) is 12.5. The van der Waals surface area contributed by atoms with E-state index in [1.807, 2.05) is 44.2 Å². The third-order valence-corrected chi connectivity index (χ3v) is 4.22. The van der Waals surface area contributed by atoms with Gasteiger partial charge in [0, 0.05) is 11.3 Å². The van der Waals surface area contributed by atoms with Gasteiger partial charge in [-0.3, -0.25) is 4.79 Å². The van der Waals surface area contributed by atoms with Gasteiger partial charge in [0.15, 0.2) is 0 Å². The van der Waals surface area contributed by atoms with E-state index in [-0.39, 0.29) is 11.9 Å². The van der Waals surface area contributed by atoms with Gasteiger partial charge in [-0.25, -0.2) is 0 Å². The summed E-state index contributed by atoms with van der Waals surface area (Å²) in [6.45, 7) is 3.84. The molecule has 2 aromatic rings. The Kier molecular flexibility index (Phi) is 5.93. The lowest BCUT2D eigenvalue weighted by Gasteiger charge is -2.11. The molecular weight excluding hydrogens is 282 g/mol. The van der Waals surface area contributed by atoms with Crippen LogP contribution in [-0.2, 0) is 4.79 Å². The molecule has 0 saturated heterocycles. The van der Waals surface area contributed by atoms with Crippen molar-refractivity contribution >= 4 is 17.7 Å². The summed E-state index contributed by atoms with van der Waals surface area (Å²) < 4.78 is 5.51. The number of aryl methyl sites for hydroxylation is 1. The molecule has 1 aromatic heterocycles. The standard InChI is InChI=1S/C17H21NO2S/c1-13-10-11-16(20-13)14(2)18-17(19)9-6-12-21-15-7-4-3-5-8-15/h3-5,7-8,10-11,14H,6,9,12H2,1-2H3,(H,18,19). The fraction of sp³-hybridized carbons (Fsp3) is 0.353. The van der Waals surface area contributed by atoms with Crippen LogP contribution in [-0.4, -0.2) is 11.7 Å². The number of amides is 1. The predicted molar refractivity (Wildman–Crippen MR) is 86.4 cm³/mol.